The van der Waals surface area contributed by atoms with Gasteiger partial charge in [0, 0.05) is 50.1 Å². The topological polar surface area (TPSA) is 48.2 Å². The van der Waals surface area contributed by atoms with E-state index in [1.54, 1.807) is 0 Å². The van der Waals surface area contributed by atoms with Crippen molar-refractivity contribution in [2.24, 2.45) is 0 Å². The summed E-state index contributed by atoms with van der Waals surface area (Å²) < 4.78 is 13.6. The molecule has 10 aromatic rings. The van der Waals surface area contributed by atoms with E-state index in [1.165, 1.54) is 39.0 Å². The van der Waals surface area contributed by atoms with Gasteiger partial charge in [-0.3, -0.25) is 0 Å². The second-order valence-electron chi connectivity index (χ2n) is 16.7. The van der Waals surface area contributed by atoms with Gasteiger partial charge in [-0.1, -0.05) is 194 Å². The molecule has 0 saturated heterocycles. The summed E-state index contributed by atoms with van der Waals surface area (Å²) in [6.45, 7) is 0. The van der Waals surface area contributed by atoms with Gasteiger partial charge >= 0.3 is 0 Å². The third-order valence-electron chi connectivity index (χ3n) is 13.4. The van der Waals surface area contributed by atoms with E-state index in [2.05, 4.69) is 182 Å². The number of furan rings is 1. The minimum atomic E-state index is -0.522. The fourth-order valence-corrected chi connectivity index (χ4v) is 10.6. The zero-order valence-corrected chi connectivity index (χ0v) is 34.2. The van der Waals surface area contributed by atoms with E-state index in [0.717, 1.165) is 79.1 Å². The fourth-order valence-electron chi connectivity index (χ4n) is 10.6. The van der Waals surface area contributed by atoms with Crippen molar-refractivity contribution in [2.75, 3.05) is 0 Å². The van der Waals surface area contributed by atoms with E-state index >= 15 is 0 Å². The van der Waals surface area contributed by atoms with Gasteiger partial charge in [0.1, 0.15) is 22.7 Å². The summed E-state index contributed by atoms with van der Waals surface area (Å²) in [5.41, 5.74) is 16.8. The number of aromatic nitrogens is 2. The molecule has 296 valence electrons. The Hall–Kier alpha value is -8.08. The van der Waals surface area contributed by atoms with Gasteiger partial charge in [0.25, 0.3) is 0 Å². The van der Waals surface area contributed by atoms with E-state index in [0.29, 0.717) is 5.82 Å². The average Bonchev–Trinajstić information content (AvgIpc) is 3.88. The van der Waals surface area contributed by atoms with Gasteiger partial charge in [0.05, 0.1) is 16.8 Å². The molecule has 13 rings (SSSR count). The average molecular weight is 807 g/mol. The number of hydrogen-bond acceptors (Lipinski definition) is 4. The zero-order valence-electron chi connectivity index (χ0n) is 34.2. The molecule has 0 bridgehead atoms. The molecule has 1 spiro atoms. The van der Waals surface area contributed by atoms with Crippen molar-refractivity contribution < 1.29 is 9.15 Å². The van der Waals surface area contributed by atoms with Gasteiger partial charge in [-0.25, -0.2) is 9.97 Å². The van der Waals surface area contributed by atoms with Crippen LogP contribution in [0.1, 0.15) is 34.6 Å². The number of fused-ring (bicyclic) bond motifs is 11. The summed E-state index contributed by atoms with van der Waals surface area (Å²) in [6.07, 6.45) is 5.47. The molecule has 2 aromatic heterocycles. The molecule has 1 unspecified atom stereocenters. The van der Waals surface area contributed by atoms with Crippen LogP contribution in [0.4, 0.5) is 0 Å². The molecule has 0 radical (unpaired) electrons. The van der Waals surface area contributed by atoms with Crippen molar-refractivity contribution in [1.82, 2.24) is 9.97 Å². The van der Waals surface area contributed by atoms with Crippen LogP contribution in [-0.2, 0) is 5.41 Å². The summed E-state index contributed by atoms with van der Waals surface area (Å²) in [6, 6.07) is 70.9. The van der Waals surface area contributed by atoms with Crippen LogP contribution in [0.5, 0.6) is 5.75 Å². The number of benzene rings is 8. The van der Waals surface area contributed by atoms with E-state index in [1.807, 2.05) is 30.3 Å². The molecule has 4 nitrogen and oxygen atoms in total. The lowest BCUT2D eigenvalue weighted by atomic mass is 9.63. The molecule has 0 amide bonds. The van der Waals surface area contributed by atoms with Gasteiger partial charge in [-0.2, -0.15) is 0 Å². The molecular formula is C59H38N2O2. The van der Waals surface area contributed by atoms with Gasteiger partial charge in [-0.15, -0.1) is 0 Å². The molecule has 1 aliphatic heterocycles. The van der Waals surface area contributed by atoms with Crippen LogP contribution < -0.4 is 4.74 Å². The van der Waals surface area contributed by atoms with E-state index in [9.17, 15) is 0 Å². The fraction of sp³-hybridized carbons (Fsp3) is 0.0508. The molecule has 4 heteroatoms. The van der Waals surface area contributed by atoms with Crippen molar-refractivity contribution >= 4 is 21.9 Å². The van der Waals surface area contributed by atoms with Crippen molar-refractivity contribution in [3.8, 4) is 61.9 Å². The van der Waals surface area contributed by atoms with Gasteiger partial charge < -0.3 is 9.15 Å². The summed E-state index contributed by atoms with van der Waals surface area (Å²) in [5, 5.41) is 2.24. The first-order valence-electron chi connectivity index (χ1n) is 21.7. The predicted octanol–water partition coefficient (Wildman–Crippen LogP) is 14.7. The van der Waals surface area contributed by atoms with Crippen LogP contribution in [0.3, 0.4) is 0 Å². The minimum absolute atomic E-state index is 0.0646. The van der Waals surface area contributed by atoms with Gasteiger partial charge in [-0.05, 0) is 58.0 Å². The first kappa shape index (κ1) is 35.7. The monoisotopic (exact) mass is 806 g/mol. The molecule has 63 heavy (non-hydrogen) atoms. The first-order chi connectivity index (χ1) is 31.2. The van der Waals surface area contributed by atoms with Gasteiger partial charge in [0.15, 0.2) is 5.82 Å². The molecule has 2 aliphatic carbocycles. The predicted molar refractivity (Wildman–Crippen MR) is 253 cm³/mol. The maximum atomic E-state index is 7.18. The molecule has 0 fully saturated rings. The molecule has 8 aromatic carbocycles. The van der Waals surface area contributed by atoms with Crippen molar-refractivity contribution in [2.45, 2.75) is 17.8 Å². The quantitative estimate of drug-likeness (QED) is 0.174. The van der Waals surface area contributed by atoms with E-state index in [-0.39, 0.29) is 5.92 Å². The van der Waals surface area contributed by atoms with E-state index in [4.69, 9.17) is 19.1 Å². The Morgan fingerprint density at radius 1 is 0.476 bits per heavy atom. The molecule has 0 saturated carbocycles. The number of hydrogen-bond donors (Lipinski definition) is 0. The van der Waals surface area contributed by atoms with Crippen LogP contribution >= 0.6 is 0 Å². The smallest absolute Gasteiger partial charge is 0.160 e. The van der Waals surface area contributed by atoms with Crippen LogP contribution in [0.2, 0.25) is 0 Å². The molecule has 3 heterocycles. The second kappa shape index (κ2) is 14.0. The lowest BCUT2D eigenvalue weighted by Crippen LogP contribution is -2.36. The zero-order chi connectivity index (χ0) is 41.5. The summed E-state index contributed by atoms with van der Waals surface area (Å²) in [4.78, 5) is 10.6. The number of ether oxygens (including phenoxy) is 1. The maximum Gasteiger partial charge on any atom is 0.160 e. The minimum Gasteiger partial charge on any atom is -0.460 e. The summed E-state index contributed by atoms with van der Waals surface area (Å²) in [5.74, 6) is 2.50. The molecule has 0 N–H and O–H groups in total. The Balaban J connectivity index is 0.960. The van der Waals surface area contributed by atoms with Crippen LogP contribution in [0.15, 0.2) is 228 Å². The Kier molecular flexibility index (Phi) is 7.91. The highest BCUT2D eigenvalue weighted by Gasteiger charge is 2.53. The lowest BCUT2D eigenvalue weighted by Gasteiger charge is -2.43. The number of rotatable bonds is 5. The Morgan fingerprint density at radius 3 is 1.90 bits per heavy atom. The van der Waals surface area contributed by atoms with Crippen molar-refractivity contribution in [3.05, 3.63) is 246 Å². The van der Waals surface area contributed by atoms with Gasteiger partial charge in [0.2, 0.25) is 0 Å². The number of para-hydroxylation sites is 3. The highest BCUT2D eigenvalue weighted by atomic mass is 16.5. The van der Waals surface area contributed by atoms with Crippen molar-refractivity contribution in [3.63, 3.8) is 0 Å². The molecule has 3 aliphatic rings. The third kappa shape index (κ3) is 5.34. The number of allylic oxidation sites excluding steroid dienone is 4. The Morgan fingerprint density at radius 2 is 1.10 bits per heavy atom. The largest absolute Gasteiger partial charge is 0.460 e. The highest BCUT2D eigenvalue weighted by molar-refractivity contribution is 6.09. The van der Waals surface area contributed by atoms with Crippen LogP contribution in [-0.4, -0.2) is 9.97 Å². The van der Waals surface area contributed by atoms with Crippen LogP contribution in [0, 0.1) is 0 Å². The molecular weight excluding hydrogens is 769 g/mol. The summed E-state index contributed by atoms with van der Waals surface area (Å²) >= 11 is 0. The SMILES string of the molecule is C1=CC2=C(Oc3ccccc3C23c2ccccc2-c2ccccc23)C(c2ccccc2-c2cc(-c3ccc(-c4cccc5c4oc4ccccc45)cc3)nc(-c3ccccc3)n2)C1. The first-order valence-corrected chi connectivity index (χ1v) is 21.7. The molecule has 1 atom stereocenters. The standard InChI is InChI=1S/C59H38N2O2/c1-2-16-39(17-3-1)58-60-52(38-34-32-37(33-35-38)40-23-14-24-47-45-22-8-12-30-54(45)62-56(40)47)36-53(61-58)44-21-5-4-18-41(44)46-25-15-29-51-57(46)63-55-31-13-11-28-50(55)59(51)48-26-9-6-19-42(48)43-20-7-10-27-49(43)59/h1-24,26-36,46H,25H2. The highest BCUT2D eigenvalue weighted by Crippen LogP contribution is 2.62. The third-order valence-corrected chi connectivity index (χ3v) is 13.4. The normalized spacial score (nSPS) is 15.5. The van der Waals surface area contributed by atoms with Crippen molar-refractivity contribution in [1.29, 1.82) is 0 Å². The summed E-state index contributed by atoms with van der Waals surface area (Å²) in [7, 11) is 0. The lowest BCUT2D eigenvalue weighted by molar-refractivity contribution is 0.345. The Labute approximate surface area is 365 Å². The van der Waals surface area contributed by atoms with Crippen LogP contribution in [0.25, 0.3) is 78.1 Å². The number of nitrogens with zero attached hydrogens (tertiary/aromatic N) is 2. The maximum absolute atomic E-state index is 7.18. The Bertz CT molecular complexity index is 3480. The van der Waals surface area contributed by atoms with E-state index < -0.39 is 5.41 Å². The second-order valence-corrected chi connectivity index (χ2v) is 16.7.